The lowest BCUT2D eigenvalue weighted by molar-refractivity contribution is -0.122. The van der Waals surface area contributed by atoms with Crippen LogP contribution < -0.4 is 15.4 Å². The van der Waals surface area contributed by atoms with Crippen LogP contribution in [0.3, 0.4) is 0 Å². The molecule has 0 fully saturated rings. The van der Waals surface area contributed by atoms with Gasteiger partial charge in [-0.05, 0) is 37.3 Å². The van der Waals surface area contributed by atoms with Gasteiger partial charge in [0.15, 0.2) is 11.8 Å². The van der Waals surface area contributed by atoms with Gasteiger partial charge >= 0.3 is 0 Å². The Morgan fingerprint density at radius 3 is 3.00 bits per heavy atom. The van der Waals surface area contributed by atoms with E-state index < -0.39 is 6.10 Å². The van der Waals surface area contributed by atoms with E-state index in [1.807, 2.05) is 6.07 Å². The maximum absolute atomic E-state index is 11.6. The molecule has 1 atom stereocenters. The second-order valence-electron chi connectivity index (χ2n) is 4.72. The van der Waals surface area contributed by atoms with E-state index in [1.54, 1.807) is 37.3 Å². The van der Waals surface area contributed by atoms with Gasteiger partial charge in [0.25, 0.3) is 5.91 Å². The van der Waals surface area contributed by atoms with Crippen molar-refractivity contribution in [2.24, 2.45) is 0 Å². The molecule has 2 heterocycles. The second-order valence-corrected chi connectivity index (χ2v) is 5.13. The molecule has 22 heavy (non-hydrogen) atoms. The van der Waals surface area contributed by atoms with E-state index in [2.05, 4.69) is 15.6 Å². The van der Waals surface area contributed by atoms with Gasteiger partial charge in [-0.15, -0.1) is 0 Å². The largest absolute Gasteiger partial charge is 0.479 e. The monoisotopic (exact) mass is 314 g/mol. The van der Waals surface area contributed by atoms with Crippen LogP contribution in [0, 0.1) is 11.3 Å². The number of hydrogen-bond acceptors (Lipinski definition) is 5. The quantitative estimate of drug-likeness (QED) is 0.889. The van der Waals surface area contributed by atoms with Crippen LogP contribution >= 0.6 is 11.6 Å². The summed E-state index contributed by atoms with van der Waals surface area (Å²) in [7, 11) is 0. The van der Waals surface area contributed by atoms with Crippen molar-refractivity contribution in [3.63, 3.8) is 0 Å². The highest BCUT2D eigenvalue weighted by atomic mass is 35.5. The van der Waals surface area contributed by atoms with E-state index >= 15 is 0 Å². The molecule has 0 bridgehead atoms. The fourth-order valence-corrected chi connectivity index (χ4v) is 2.17. The Morgan fingerprint density at radius 2 is 2.23 bits per heavy atom. The average molecular weight is 315 g/mol. The number of pyridine rings is 1. The molecule has 1 aliphatic rings. The molecule has 0 radical (unpaired) electrons. The van der Waals surface area contributed by atoms with E-state index in [0.717, 1.165) is 0 Å². The molecule has 1 aliphatic heterocycles. The maximum Gasteiger partial charge on any atom is 0.265 e. The Morgan fingerprint density at radius 1 is 1.41 bits per heavy atom. The number of carbonyl (C=O) groups excluding carboxylic acids is 1. The van der Waals surface area contributed by atoms with Gasteiger partial charge in [-0.25, -0.2) is 4.98 Å². The van der Waals surface area contributed by atoms with Crippen LogP contribution in [0.25, 0.3) is 0 Å². The Kier molecular flexibility index (Phi) is 3.57. The van der Waals surface area contributed by atoms with E-state index in [0.29, 0.717) is 28.0 Å². The number of nitrogens with zero attached hydrogens (tertiary/aromatic N) is 2. The summed E-state index contributed by atoms with van der Waals surface area (Å²) in [5.41, 5.74) is 1.44. The molecular formula is C15H11ClN4O2. The van der Waals surface area contributed by atoms with Crippen LogP contribution in [-0.4, -0.2) is 17.0 Å². The van der Waals surface area contributed by atoms with Gasteiger partial charge in [0.05, 0.1) is 10.7 Å². The molecule has 3 rings (SSSR count). The molecule has 1 aromatic carbocycles. The first kappa shape index (κ1) is 14.2. The summed E-state index contributed by atoms with van der Waals surface area (Å²) in [6, 6.07) is 10.5. The van der Waals surface area contributed by atoms with Crippen LogP contribution in [-0.2, 0) is 4.79 Å². The lowest BCUT2D eigenvalue weighted by Crippen LogP contribution is -2.34. The van der Waals surface area contributed by atoms with Gasteiger partial charge in [0, 0.05) is 5.69 Å². The first-order valence-electron chi connectivity index (χ1n) is 6.52. The fourth-order valence-electron chi connectivity index (χ4n) is 2.02. The molecule has 7 heteroatoms. The SMILES string of the molecule is CC1Oc2ccc(Nc3ccc(Cl)c(C#N)n3)cc2NC1=O. The zero-order valence-corrected chi connectivity index (χ0v) is 12.3. The van der Waals surface area contributed by atoms with Crippen molar-refractivity contribution in [1.82, 2.24) is 4.98 Å². The van der Waals surface area contributed by atoms with Crippen LogP contribution in [0.15, 0.2) is 30.3 Å². The van der Waals surface area contributed by atoms with Crippen LogP contribution in [0.2, 0.25) is 5.02 Å². The van der Waals surface area contributed by atoms with Crippen molar-refractivity contribution >= 4 is 34.7 Å². The number of halogens is 1. The Hall–Kier alpha value is -2.78. The topological polar surface area (TPSA) is 87.0 Å². The second kappa shape index (κ2) is 5.54. The van der Waals surface area contributed by atoms with E-state index in [-0.39, 0.29) is 11.6 Å². The zero-order valence-electron chi connectivity index (χ0n) is 11.6. The Labute approximate surface area is 131 Å². The number of aromatic nitrogens is 1. The smallest absolute Gasteiger partial charge is 0.265 e. The van der Waals surface area contributed by atoms with Crippen molar-refractivity contribution in [3.05, 3.63) is 41.0 Å². The number of anilines is 3. The molecule has 0 saturated heterocycles. The third kappa shape index (κ3) is 2.67. The standard InChI is InChI=1S/C15H11ClN4O2/c1-8-15(21)20-11-6-9(2-4-13(11)22-8)18-14-5-3-10(16)12(7-17)19-14/h2-6,8H,1H3,(H,18,19)(H,20,21). The molecule has 0 aliphatic carbocycles. The van der Waals surface area contributed by atoms with Gasteiger partial charge < -0.3 is 15.4 Å². The van der Waals surface area contributed by atoms with Crippen LogP contribution in [0.1, 0.15) is 12.6 Å². The number of amides is 1. The van der Waals surface area contributed by atoms with Gasteiger partial charge in [-0.2, -0.15) is 5.26 Å². The minimum Gasteiger partial charge on any atom is -0.479 e. The van der Waals surface area contributed by atoms with E-state index in [9.17, 15) is 4.79 Å². The predicted molar refractivity (Wildman–Crippen MR) is 82.4 cm³/mol. The lowest BCUT2D eigenvalue weighted by atomic mass is 10.2. The third-order valence-corrected chi connectivity index (χ3v) is 3.44. The van der Waals surface area contributed by atoms with Gasteiger partial charge in [-0.1, -0.05) is 11.6 Å². The molecule has 6 nitrogen and oxygen atoms in total. The summed E-state index contributed by atoms with van der Waals surface area (Å²) >= 11 is 5.85. The minimum absolute atomic E-state index is 0.148. The summed E-state index contributed by atoms with van der Waals surface area (Å²) in [5, 5.41) is 15.1. The summed E-state index contributed by atoms with van der Waals surface area (Å²) in [4.78, 5) is 15.7. The molecule has 1 amide bonds. The number of ether oxygens (including phenoxy) is 1. The molecule has 2 N–H and O–H groups in total. The molecule has 1 aromatic heterocycles. The number of benzene rings is 1. The van der Waals surface area contributed by atoms with Crippen molar-refractivity contribution < 1.29 is 9.53 Å². The number of fused-ring (bicyclic) bond motifs is 1. The first-order valence-corrected chi connectivity index (χ1v) is 6.90. The molecule has 0 spiro atoms. The molecule has 110 valence electrons. The number of nitrogens with one attached hydrogen (secondary N) is 2. The van der Waals surface area contributed by atoms with Crippen LogP contribution in [0.5, 0.6) is 5.75 Å². The Bertz CT molecular complexity index is 801. The van der Waals surface area contributed by atoms with E-state index in [4.69, 9.17) is 21.6 Å². The van der Waals surface area contributed by atoms with E-state index in [1.165, 1.54) is 0 Å². The van der Waals surface area contributed by atoms with Gasteiger partial charge in [0.1, 0.15) is 17.6 Å². The van der Waals surface area contributed by atoms with Crippen molar-refractivity contribution in [2.75, 3.05) is 10.6 Å². The van der Waals surface area contributed by atoms with Crippen molar-refractivity contribution in [2.45, 2.75) is 13.0 Å². The first-order chi connectivity index (χ1) is 10.6. The summed E-state index contributed by atoms with van der Waals surface area (Å²) < 4.78 is 5.49. The number of carbonyl (C=O) groups is 1. The number of rotatable bonds is 2. The molecule has 2 aromatic rings. The molecular weight excluding hydrogens is 304 g/mol. The maximum atomic E-state index is 11.6. The lowest BCUT2D eigenvalue weighted by Gasteiger charge is -2.23. The fraction of sp³-hybridized carbons (Fsp3) is 0.133. The summed E-state index contributed by atoms with van der Waals surface area (Å²) in [6.45, 7) is 1.69. The summed E-state index contributed by atoms with van der Waals surface area (Å²) in [6.07, 6.45) is -0.512. The molecule has 0 saturated carbocycles. The van der Waals surface area contributed by atoms with Crippen molar-refractivity contribution in [3.8, 4) is 11.8 Å². The average Bonchev–Trinajstić information content (AvgIpc) is 2.50. The highest BCUT2D eigenvalue weighted by Gasteiger charge is 2.23. The highest BCUT2D eigenvalue weighted by molar-refractivity contribution is 6.31. The van der Waals surface area contributed by atoms with Crippen molar-refractivity contribution in [1.29, 1.82) is 5.26 Å². The minimum atomic E-state index is -0.512. The highest BCUT2D eigenvalue weighted by Crippen LogP contribution is 2.33. The van der Waals surface area contributed by atoms with Gasteiger partial charge in [0.2, 0.25) is 0 Å². The summed E-state index contributed by atoms with van der Waals surface area (Å²) in [5.74, 6) is 0.901. The normalized spacial score (nSPS) is 16.0. The molecule has 1 unspecified atom stereocenters. The zero-order chi connectivity index (χ0) is 15.7. The van der Waals surface area contributed by atoms with Crippen LogP contribution in [0.4, 0.5) is 17.2 Å². The predicted octanol–water partition coefficient (Wildman–Crippen LogP) is 3.07. The number of nitriles is 1. The van der Waals surface area contributed by atoms with Gasteiger partial charge in [-0.3, -0.25) is 4.79 Å². The number of hydrogen-bond donors (Lipinski definition) is 2. The third-order valence-electron chi connectivity index (χ3n) is 3.13. The Balaban J connectivity index is 1.87.